The lowest BCUT2D eigenvalue weighted by Gasteiger charge is -2.46. The lowest BCUT2D eigenvalue weighted by molar-refractivity contribution is -0.174. The van der Waals surface area contributed by atoms with E-state index in [2.05, 4.69) is 48.7 Å². The zero-order chi connectivity index (χ0) is 17.2. The van der Waals surface area contributed by atoms with E-state index in [1.807, 2.05) is 13.0 Å². The number of benzene rings is 1. The van der Waals surface area contributed by atoms with Crippen LogP contribution in [0.1, 0.15) is 30.5 Å². The number of rotatable bonds is 3. The third kappa shape index (κ3) is 1.68. The molecule has 3 fully saturated rings. The molecule has 5 heteroatoms. The van der Waals surface area contributed by atoms with Crippen LogP contribution in [0.2, 0.25) is 0 Å². The minimum atomic E-state index is -1.43. The Hall–Kier alpha value is -2.16. The van der Waals surface area contributed by atoms with Gasteiger partial charge < -0.3 is 9.47 Å². The smallest absolute Gasteiger partial charge is 0.357 e. The number of ether oxygens (including phenoxy) is 2. The van der Waals surface area contributed by atoms with E-state index in [0.29, 0.717) is 19.5 Å². The highest BCUT2D eigenvalue weighted by Gasteiger charge is 2.91. The van der Waals surface area contributed by atoms with Crippen LogP contribution >= 0.6 is 0 Å². The molecule has 0 aromatic heterocycles. The van der Waals surface area contributed by atoms with Crippen molar-refractivity contribution in [3.8, 4) is 6.07 Å². The summed E-state index contributed by atoms with van der Waals surface area (Å²) in [7, 11) is 0. The largest absolute Gasteiger partial charge is 0.452 e. The molecule has 0 amide bonds. The van der Waals surface area contributed by atoms with Gasteiger partial charge in [0.15, 0.2) is 11.2 Å². The van der Waals surface area contributed by atoms with Crippen molar-refractivity contribution in [1.82, 2.24) is 4.90 Å². The van der Waals surface area contributed by atoms with Crippen molar-refractivity contribution in [3.05, 3.63) is 48.0 Å². The number of carbonyl (C=O) groups is 1. The minimum Gasteiger partial charge on any atom is -0.452 e. The van der Waals surface area contributed by atoms with Gasteiger partial charge in [0.25, 0.3) is 5.60 Å². The Balaban J connectivity index is 1.76. The average molecular weight is 324 g/mol. The van der Waals surface area contributed by atoms with Crippen LogP contribution in [0.5, 0.6) is 0 Å². The first-order valence-corrected chi connectivity index (χ1v) is 8.18. The third-order valence-electron chi connectivity index (χ3n) is 5.72. The van der Waals surface area contributed by atoms with E-state index < -0.39 is 22.8 Å². The van der Waals surface area contributed by atoms with Crippen molar-refractivity contribution in [2.75, 3.05) is 13.1 Å². The van der Waals surface area contributed by atoms with E-state index in [9.17, 15) is 10.1 Å². The number of carbonyl (C=O) groups excluding carboxylic acids is 1. The first-order valence-electron chi connectivity index (χ1n) is 8.18. The molecule has 3 aliphatic heterocycles. The zero-order valence-electron chi connectivity index (χ0n) is 13.9. The van der Waals surface area contributed by atoms with Crippen LogP contribution in [-0.4, -0.2) is 40.8 Å². The molecule has 4 rings (SSSR count). The van der Waals surface area contributed by atoms with E-state index in [1.165, 1.54) is 5.56 Å². The molecule has 3 saturated heterocycles. The average Bonchev–Trinajstić information content (AvgIpc) is 3.18. The van der Waals surface area contributed by atoms with Crippen molar-refractivity contribution in [2.45, 2.75) is 43.1 Å². The van der Waals surface area contributed by atoms with Crippen molar-refractivity contribution in [3.63, 3.8) is 0 Å². The molecule has 124 valence electrons. The topological polar surface area (TPSA) is 65.9 Å². The third-order valence-corrected chi connectivity index (χ3v) is 5.72. The maximum absolute atomic E-state index is 12.3. The highest BCUT2D eigenvalue weighted by molar-refractivity contribution is 5.93. The van der Waals surface area contributed by atoms with Crippen LogP contribution in [0.4, 0.5) is 0 Å². The van der Waals surface area contributed by atoms with Gasteiger partial charge in [-0.15, -0.1) is 6.58 Å². The van der Waals surface area contributed by atoms with Gasteiger partial charge in [-0.3, -0.25) is 4.90 Å². The number of hydrogen-bond acceptors (Lipinski definition) is 5. The molecule has 0 aliphatic carbocycles. The predicted molar refractivity (Wildman–Crippen MR) is 87.0 cm³/mol. The van der Waals surface area contributed by atoms with E-state index in [0.717, 1.165) is 5.56 Å². The molecule has 24 heavy (non-hydrogen) atoms. The van der Waals surface area contributed by atoms with E-state index in [1.54, 1.807) is 0 Å². The van der Waals surface area contributed by atoms with Gasteiger partial charge in [-0.25, -0.2) is 4.79 Å². The second-order valence-electron chi connectivity index (χ2n) is 7.19. The second kappa shape index (κ2) is 4.69. The lowest BCUT2D eigenvalue weighted by Crippen LogP contribution is -2.58. The van der Waals surface area contributed by atoms with Crippen molar-refractivity contribution in [1.29, 1.82) is 5.26 Å². The van der Waals surface area contributed by atoms with Crippen LogP contribution in [0.3, 0.4) is 0 Å². The van der Waals surface area contributed by atoms with Gasteiger partial charge in [-0.05, 0) is 19.4 Å². The van der Waals surface area contributed by atoms with E-state index in [4.69, 9.17) is 9.47 Å². The first-order chi connectivity index (χ1) is 11.4. The second-order valence-corrected chi connectivity index (χ2v) is 7.19. The standard InChI is InChI=1S/C19H20N2O3/c1-4-9-21-12-17(3)19(18(11-20,24-19)16(22)23-17)10-15(21)14-7-5-13(2)6-8-14/h4-8,15H,1,9-10,12H2,2-3H3. The number of epoxide rings is 1. The highest BCUT2D eigenvalue weighted by Crippen LogP contribution is 2.67. The van der Waals surface area contributed by atoms with Crippen LogP contribution in [-0.2, 0) is 14.3 Å². The maximum Gasteiger partial charge on any atom is 0.357 e. The summed E-state index contributed by atoms with van der Waals surface area (Å²) in [6, 6.07) is 10.5. The molecule has 5 nitrogen and oxygen atoms in total. The van der Waals surface area contributed by atoms with Crippen LogP contribution < -0.4 is 0 Å². The fourth-order valence-corrected chi connectivity index (χ4v) is 4.38. The minimum absolute atomic E-state index is 0.0569. The maximum atomic E-state index is 12.3. The summed E-state index contributed by atoms with van der Waals surface area (Å²) in [5, 5.41) is 9.54. The van der Waals surface area contributed by atoms with Gasteiger partial charge in [0.1, 0.15) is 6.07 Å². The van der Waals surface area contributed by atoms with Gasteiger partial charge in [0, 0.05) is 25.6 Å². The summed E-state index contributed by atoms with van der Waals surface area (Å²) >= 11 is 0. The van der Waals surface area contributed by atoms with Crippen molar-refractivity contribution >= 4 is 5.97 Å². The summed E-state index contributed by atoms with van der Waals surface area (Å²) in [6.07, 6.45) is 2.41. The van der Waals surface area contributed by atoms with Crippen LogP contribution in [0, 0.1) is 18.3 Å². The highest BCUT2D eigenvalue weighted by atomic mass is 16.7. The molecular formula is C19H20N2O3. The number of aryl methyl sites for hydroxylation is 1. The molecule has 4 atom stereocenters. The molecule has 0 radical (unpaired) electrons. The molecule has 0 N–H and O–H groups in total. The number of esters is 1. The Morgan fingerprint density at radius 3 is 2.75 bits per heavy atom. The molecule has 1 aromatic rings. The molecule has 3 heterocycles. The number of nitriles is 1. The monoisotopic (exact) mass is 324 g/mol. The first kappa shape index (κ1) is 15.4. The van der Waals surface area contributed by atoms with Gasteiger partial charge in [-0.2, -0.15) is 5.26 Å². The van der Waals surface area contributed by atoms with Gasteiger partial charge in [0.2, 0.25) is 0 Å². The van der Waals surface area contributed by atoms with Crippen LogP contribution in [0.15, 0.2) is 36.9 Å². The Morgan fingerprint density at radius 2 is 2.17 bits per heavy atom. The fraction of sp³-hybridized carbons (Fsp3) is 0.474. The number of hydrogen-bond donors (Lipinski definition) is 0. The number of likely N-dealkylation sites (tertiary alicyclic amines) is 1. The summed E-state index contributed by atoms with van der Waals surface area (Å²) in [4.78, 5) is 14.5. The summed E-state index contributed by atoms with van der Waals surface area (Å²) < 4.78 is 11.4. The zero-order valence-corrected chi connectivity index (χ0v) is 13.9. The SMILES string of the molecule is C=CCN1CC2(C)OC(=O)C3(C#N)OC23CC1c1ccc(C)cc1. The summed E-state index contributed by atoms with van der Waals surface area (Å²) in [5.74, 6) is -0.546. The summed E-state index contributed by atoms with van der Waals surface area (Å²) in [5.41, 5.74) is -0.726. The molecule has 0 bridgehead atoms. The molecule has 3 aliphatic rings. The quantitative estimate of drug-likeness (QED) is 0.485. The molecule has 1 aromatic carbocycles. The molecule has 0 saturated carbocycles. The Morgan fingerprint density at radius 1 is 1.46 bits per heavy atom. The predicted octanol–water partition coefficient (Wildman–Crippen LogP) is 2.27. The Bertz CT molecular complexity index is 768. The Kier molecular flexibility index (Phi) is 3.00. The number of piperidine rings is 1. The van der Waals surface area contributed by atoms with Gasteiger partial charge in [0.05, 0.1) is 0 Å². The van der Waals surface area contributed by atoms with Crippen LogP contribution in [0.25, 0.3) is 0 Å². The Labute approximate surface area is 141 Å². The van der Waals surface area contributed by atoms with Crippen molar-refractivity contribution in [2.24, 2.45) is 0 Å². The number of nitrogens with zero attached hydrogens (tertiary/aromatic N) is 2. The fourth-order valence-electron chi connectivity index (χ4n) is 4.38. The molecule has 1 spiro atoms. The van der Waals surface area contributed by atoms with Crippen molar-refractivity contribution < 1.29 is 14.3 Å². The molecular weight excluding hydrogens is 304 g/mol. The normalized spacial score (nSPS) is 40.2. The van der Waals surface area contributed by atoms with Gasteiger partial charge in [-0.1, -0.05) is 35.9 Å². The molecule has 4 unspecified atom stereocenters. The van der Waals surface area contributed by atoms with Gasteiger partial charge >= 0.3 is 5.97 Å². The van der Waals surface area contributed by atoms with E-state index in [-0.39, 0.29) is 6.04 Å². The van der Waals surface area contributed by atoms with E-state index >= 15 is 0 Å². The summed E-state index contributed by atoms with van der Waals surface area (Å²) in [6.45, 7) is 8.97. The lowest BCUT2D eigenvalue weighted by atomic mass is 9.73.